The molecule has 0 unspecified atom stereocenters. The van der Waals surface area contributed by atoms with Crippen molar-refractivity contribution in [1.29, 1.82) is 0 Å². The smallest absolute Gasteiger partial charge is 0.307 e. The SMILES string of the molecule is CCCCCCCCCCCOC(=O)CCNC(=O)c1ccccc1C. The molecule has 0 saturated heterocycles. The van der Waals surface area contributed by atoms with Crippen molar-refractivity contribution in [1.82, 2.24) is 5.32 Å². The van der Waals surface area contributed by atoms with Gasteiger partial charge in [0, 0.05) is 12.1 Å². The molecule has 1 aromatic carbocycles. The first-order chi connectivity index (χ1) is 12.6. The van der Waals surface area contributed by atoms with E-state index in [-0.39, 0.29) is 18.3 Å². The molecule has 4 heteroatoms. The average Bonchev–Trinajstić information content (AvgIpc) is 2.63. The maximum Gasteiger partial charge on any atom is 0.307 e. The van der Waals surface area contributed by atoms with Crippen LogP contribution in [0.2, 0.25) is 0 Å². The lowest BCUT2D eigenvalue weighted by Crippen LogP contribution is -2.27. The van der Waals surface area contributed by atoms with Crippen molar-refractivity contribution in [3.8, 4) is 0 Å². The molecule has 0 aliphatic heterocycles. The highest BCUT2D eigenvalue weighted by atomic mass is 16.5. The molecule has 0 saturated carbocycles. The molecule has 1 aromatic rings. The maximum atomic E-state index is 12.0. The molecule has 0 aliphatic rings. The van der Waals surface area contributed by atoms with Gasteiger partial charge in [0.05, 0.1) is 13.0 Å². The Morgan fingerprint density at radius 2 is 1.54 bits per heavy atom. The molecular formula is C22H35NO3. The van der Waals surface area contributed by atoms with Gasteiger partial charge in [0.1, 0.15) is 0 Å². The third-order valence-corrected chi connectivity index (χ3v) is 4.52. The molecule has 0 aromatic heterocycles. The van der Waals surface area contributed by atoms with Gasteiger partial charge in [-0.3, -0.25) is 9.59 Å². The lowest BCUT2D eigenvalue weighted by Gasteiger charge is -2.08. The highest BCUT2D eigenvalue weighted by Gasteiger charge is 2.09. The van der Waals surface area contributed by atoms with Gasteiger partial charge in [0.2, 0.25) is 0 Å². The summed E-state index contributed by atoms with van der Waals surface area (Å²) in [6.07, 6.45) is 11.4. The van der Waals surface area contributed by atoms with E-state index in [1.54, 1.807) is 6.07 Å². The van der Waals surface area contributed by atoms with Gasteiger partial charge in [-0.1, -0.05) is 76.5 Å². The molecule has 0 spiro atoms. The summed E-state index contributed by atoms with van der Waals surface area (Å²) in [5.41, 5.74) is 1.58. The van der Waals surface area contributed by atoms with Crippen LogP contribution in [0.5, 0.6) is 0 Å². The molecule has 0 atom stereocenters. The number of aryl methyl sites for hydroxylation is 1. The first-order valence-corrected chi connectivity index (χ1v) is 10.1. The van der Waals surface area contributed by atoms with Gasteiger partial charge in [-0.05, 0) is 25.0 Å². The van der Waals surface area contributed by atoms with E-state index >= 15 is 0 Å². The lowest BCUT2D eigenvalue weighted by atomic mass is 10.1. The van der Waals surface area contributed by atoms with Crippen molar-refractivity contribution in [3.05, 3.63) is 35.4 Å². The van der Waals surface area contributed by atoms with E-state index in [1.807, 2.05) is 25.1 Å². The van der Waals surface area contributed by atoms with E-state index in [1.165, 1.54) is 44.9 Å². The van der Waals surface area contributed by atoms with Crippen LogP contribution < -0.4 is 5.32 Å². The van der Waals surface area contributed by atoms with E-state index in [9.17, 15) is 9.59 Å². The summed E-state index contributed by atoms with van der Waals surface area (Å²) in [5.74, 6) is -0.385. The number of amides is 1. The molecule has 1 N–H and O–H groups in total. The first kappa shape index (κ1) is 22.2. The Morgan fingerprint density at radius 1 is 0.923 bits per heavy atom. The monoisotopic (exact) mass is 361 g/mol. The molecule has 4 nitrogen and oxygen atoms in total. The highest BCUT2D eigenvalue weighted by Crippen LogP contribution is 2.09. The van der Waals surface area contributed by atoms with Crippen molar-refractivity contribution in [2.75, 3.05) is 13.2 Å². The van der Waals surface area contributed by atoms with E-state index in [0.29, 0.717) is 18.7 Å². The van der Waals surface area contributed by atoms with Crippen LogP contribution in [-0.2, 0) is 9.53 Å². The normalized spacial score (nSPS) is 10.5. The summed E-state index contributed by atoms with van der Waals surface area (Å²) in [6, 6.07) is 7.42. The van der Waals surface area contributed by atoms with E-state index in [0.717, 1.165) is 18.4 Å². The number of esters is 1. The molecule has 0 aliphatic carbocycles. The number of ether oxygens (including phenoxy) is 1. The van der Waals surface area contributed by atoms with Crippen LogP contribution in [0.25, 0.3) is 0 Å². The van der Waals surface area contributed by atoms with E-state index < -0.39 is 0 Å². The lowest BCUT2D eigenvalue weighted by molar-refractivity contribution is -0.143. The van der Waals surface area contributed by atoms with Crippen LogP contribution in [0, 0.1) is 6.92 Å². The van der Waals surface area contributed by atoms with E-state index in [4.69, 9.17) is 4.74 Å². The zero-order valence-corrected chi connectivity index (χ0v) is 16.5. The zero-order chi connectivity index (χ0) is 19.0. The van der Waals surface area contributed by atoms with Crippen molar-refractivity contribution in [3.63, 3.8) is 0 Å². The molecular weight excluding hydrogens is 326 g/mol. The molecule has 26 heavy (non-hydrogen) atoms. The molecule has 0 bridgehead atoms. The number of nitrogens with one attached hydrogen (secondary N) is 1. The maximum absolute atomic E-state index is 12.0. The summed E-state index contributed by atoms with van der Waals surface area (Å²) < 4.78 is 5.22. The van der Waals surface area contributed by atoms with Crippen LogP contribution in [0.3, 0.4) is 0 Å². The van der Waals surface area contributed by atoms with Crippen molar-refractivity contribution < 1.29 is 14.3 Å². The number of carbonyl (C=O) groups is 2. The Balaban J connectivity index is 1.97. The predicted molar refractivity (Wildman–Crippen MR) is 106 cm³/mol. The van der Waals surface area contributed by atoms with Gasteiger partial charge in [0.15, 0.2) is 0 Å². The van der Waals surface area contributed by atoms with Gasteiger partial charge in [-0.2, -0.15) is 0 Å². The van der Waals surface area contributed by atoms with E-state index in [2.05, 4.69) is 12.2 Å². The molecule has 0 heterocycles. The minimum absolute atomic E-state index is 0.144. The second-order valence-corrected chi connectivity index (χ2v) is 6.87. The largest absolute Gasteiger partial charge is 0.466 e. The summed E-state index contributed by atoms with van der Waals surface area (Å²) >= 11 is 0. The van der Waals surface area contributed by atoms with Crippen LogP contribution >= 0.6 is 0 Å². The Hall–Kier alpha value is -1.84. The van der Waals surface area contributed by atoms with Crippen molar-refractivity contribution in [2.45, 2.75) is 78.1 Å². The summed E-state index contributed by atoms with van der Waals surface area (Å²) in [7, 11) is 0. The summed E-state index contributed by atoms with van der Waals surface area (Å²) in [4.78, 5) is 23.7. The van der Waals surface area contributed by atoms with Gasteiger partial charge in [-0.25, -0.2) is 0 Å². The fourth-order valence-corrected chi connectivity index (χ4v) is 2.87. The van der Waals surface area contributed by atoms with Gasteiger partial charge < -0.3 is 10.1 Å². The van der Waals surface area contributed by atoms with Crippen LogP contribution in [-0.4, -0.2) is 25.0 Å². The Kier molecular flexibility index (Phi) is 12.2. The predicted octanol–water partition coefficient (Wildman–Crippen LogP) is 5.19. The number of benzene rings is 1. The molecule has 0 fully saturated rings. The summed E-state index contributed by atoms with van der Waals surface area (Å²) in [6.45, 7) is 4.93. The minimum atomic E-state index is -0.241. The molecule has 146 valence electrons. The average molecular weight is 362 g/mol. The molecule has 0 radical (unpaired) electrons. The van der Waals surface area contributed by atoms with Crippen LogP contribution in [0.15, 0.2) is 24.3 Å². The number of hydrogen-bond donors (Lipinski definition) is 1. The fourth-order valence-electron chi connectivity index (χ4n) is 2.87. The molecule has 1 rings (SSSR count). The van der Waals surface area contributed by atoms with Crippen molar-refractivity contribution in [2.24, 2.45) is 0 Å². The molecule has 1 amide bonds. The Bertz CT molecular complexity index is 528. The van der Waals surface area contributed by atoms with Gasteiger partial charge >= 0.3 is 5.97 Å². The first-order valence-electron chi connectivity index (χ1n) is 10.1. The quantitative estimate of drug-likeness (QED) is 0.366. The third-order valence-electron chi connectivity index (χ3n) is 4.52. The third kappa shape index (κ3) is 10.2. The number of hydrogen-bond acceptors (Lipinski definition) is 3. The van der Waals surface area contributed by atoms with Crippen molar-refractivity contribution >= 4 is 11.9 Å². The standard InChI is InChI=1S/C22H35NO3/c1-3-4-5-6-7-8-9-10-13-18-26-21(24)16-17-23-22(25)20-15-12-11-14-19(20)2/h11-12,14-15H,3-10,13,16-18H2,1-2H3,(H,23,25). The Labute approximate surface area is 158 Å². The topological polar surface area (TPSA) is 55.4 Å². The van der Waals surface area contributed by atoms with Gasteiger partial charge in [-0.15, -0.1) is 0 Å². The second kappa shape index (κ2) is 14.3. The Morgan fingerprint density at radius 3 is 2.19 bits per heavy atom. The minimum Gasteiger partial charge on any atom is -0.466 e. The van der Waals surface area contributed by atoms with Crippen LogP contribution in [0.1, 0.15) is 87.1 Å². The van der Waals surface area contributed by atoms with Crippen LogP contribution in [0.4, 0.5) is 0 Å². The highest BCUT2D eigenvalue weighted by molar-refractivity contribution is 5.95. The number of carbonyl (C=O) groups excluding carboxylic acids is 2. The number of unbranched alkanes of at least 4 members (excludes halogenated alkanes) is 8. The van der Waals surface area contributed by atoms with Gasteiger partial charge in [0.25, 0.3) is 5.91 Å². The fraction of sp³-hybridized carbons (Fsp3) is 0.636. The number of rotatable bonds is 14. The zero-order valence-electron chi connectivity index (χ0n) is 16.5. The second-order valence-electron chi connectivity index (χ2n) is 6.87. The summed E-state index contributed by atoms with van der Waals surface area (Å²) in [5, 5.41) is 2.77.